The van der Waals surface area contributed by atoms with Crippen LogP contribution in [0.15, 0.2) is 29.2 Å². The molecule has 1 N–H and O–H groups in total. The lowest BCUT2D eigenvalue weighted by molar-refractivity contribution is -0.0266. The number of amides is 1. The number of ether oxygens (including phenoxy) is 1. The fourth-order valence-corrected chi connectivity index (χ4v) is 3.09. The van der Waals surface area contributed by atoms with Crippen LogP contribution in [-0.4, -0.2) is 56.1 Å². The molecule has 1 aliphatic rings. The minimum absolute atomic E-state index is 0.0667. The van der Waals surface area contributed by atoms with E-state index >= 15 is 0 Å². The Hall–Kier alpha value is -2.06. The fraction of sp³-hybridized carbons (Fsp3) is 0.438. The summed E-state index contributed by atoms with van der Waals surface area (Å²) in [6, 6.07) is 6.88. The lowest BCUT2D eigenvalue weighted by atomic mass is 10.1. The number of aromatic nitrogens is 3. The average molecular weight is 348 g/mol. The zero-order valence-electron chi connectivity index (χ0n) is 13.7. The molecular formula is C16H20N4O3S. The largest absolute Gasteiger partial charge is 0.366 e. The van der Waals surface area contributed by atoms with Crippen molar-refractivity contribution < 1.29 is 13.7 Å². The normalized spacial score (nSPS) is 19.2. The molecule has 2 aromatic rings. The van der Waals surface area contributed by atoms with Gasteiger partial charge in [-0.2, -0.15) is 5.10 Å². The standard InChI is InChI=1S/C16H20N4O3S/c1-3-14-17-15(19-18-14)13-10-20(8-9-23-13)16(21)11-4-6-12(7-5-11)24(2)22/h4-7,13H,3,8-10H2,1-2H3,(H,17,18,19)/t13-,24-/m1/s1. The van der Waals surface area contributed by atoms with E-state index in [1.807, 2.05) is 6.92 Å². The molecule has 1 aliphatic heterocycles. The Kier molecular flexibility index (Phi) is 5.06. The summed E-state index contributed by atoms with van der Waals surface area (Å²) in [5.74, 6) is 1.32. The molecule has 3 rings (SSSR count). The molecular weight excluding hydrogens is 328 g/mol. The van der Waals surface area contributed by atoms with Crippen molar-refractivity contribution in [3.05, 3.63) is 41.5 Å². The monoisotopic (exact) mass is 348 g/mol. The first-order chi connectivity index (χ1) is 11.6. The second-order valence-electron chi connectivity index (χ2n) is 5.58. The second-order valence-corrected chi connectivity index (χ2v) is 6.96. The maximum Gasteiger partial charge on any atom is 0.254 e. The predicted molar refractivity (Wildman–Crippen MR) is 89.1 cm³/mol. The van der Waals surface area contributed by atoms with Gasteiger partial charge in [0.2, 0.25) is 0 Å². The molecule has 7 nitrogen and oxygen atoms in total. The molecule has 0 aliphatic carbocycles. The molecule has 0 unspecified atom stereocenters. The number of carbonyl (C=O) groups is 1. The van der Waals surface area contributed by atoms with E-state index in [-0.39, 0.29) is 12.0 Å². The zero-order valence-corrected chi connectivity index (χ0v) is 14.5. The number of aryl methyl sites for hydroxylation is 1. The molecule has 2 heterocycles. The van der Waals surface area contributed by atoms with Gasteiger partial charge in [-0.3, -0.25) is 14.1 Å². The topological polar surface area (TPSA) is 88.2 Å². The zero-order chi connectivity index (χ0) is 17.1. The molecule has 24 heavy (non-hydrogen) atoms. The molecule has 0 saturated carbocycles. The molecule has 0 bridgehead atoms. The summed E-state index contributed by atoms with van der Waals surface area (Å²) in [6.45, 7) is 3.39. The molecule has 0 radical (unpaired) electrons. The number of benzene rings is 1. The summed E-state index contributed by atoms with van der Waals surface area (Å²) >= 11 is 0. The Labute approximate surface area is 142 Å². The molecule has 1 aromatic heterocycles. The van der Waals surface area contributed by atoms with Gasteiger partial charge in [0.25, 0.3) is 5.91 Å². The van der Waals surface area contributed by atoms with Crippen molar-refractivity contribution in [3.8, 4) is 0 Å². The van der Waals surface area contributed by atoms with Crippen LogP contribution in [0, 0.1) is 0 Å². The third-order valence-electron chi connectivity index (χ3n) is 3.96. The van der Waals surface area contributed by atoms with Crippen LogP contribution in [0.3, 0.4) is 0 Å². The summed E-state index contributed by atoms with van der Waals surface area (Å²) in [5.41, 5.74) is 0.578. The number of morpholine rings is 1. The van der Waals surface area contributed by atoms with Crippen molar-refractivity contribution in [2.45, 2.75) is 24.3 Å². The van der Waals surface area contributed by atoms with Gasteiger partial charge in [-0.25, -0.2) is 4.98 Å². The highest BCUT2D eigenvalue weighted by Gasteiger charge is 2.28. The molecule has 1 aromatic carbocycles. The van der Waals surface area contributed by atoms with Gasteiger partial charge in [-0.1, -0.05) is 6.92 Å². The fourth-order valence-electron chi connectivity index (χ4n) is 2.57. The highest BCUT2D eigenvalue weighted by atomic mass is 32.2. The quantitative estimate of drug-likeness (QED) is 0.900. The van der Waals surface area contributed by atoms with Crippen molar-refractivity contribution in [1.82, 2.24) is 20.1 Å². The SMILES string of the molecule is CCc1nc([C@H]2CN(C(=O)c3ccc([S@@](C)=O)cc3)CCO2)n[nH]1. The third-order valence-corrected chi connectivity index (χ3v) is 4.89. The van der Waals surface area contributed by atoms with E-state index in [0.29, 0.717) is 36.0 Å². The third kappa shape index (κ3) is 3.54. The Balaban J connectivity index is 1.71. The lowest BCUT2D eigenvalue weighted by Crippen LogP contribution is -2.42. The second kappa shape index (κ2) is 7.23. The number of aromatic amines is 1. The first-order valence-electron chi connectivity index (χ1n) is 7.84. The van der Waals surface area contributed by atoms with E-state index in [1.165, 1.54) is 0 Å². The van der Waals surface area contributed by atoms with Crippen LogP contribution in [0.4, 0.5) is 0 Å². The summed E-state index contributed by atoms with van der Waals surface area (Å²) in [4.78, 5) is 19.5. The summed E-state index contributed by atoms with van der Waals surface area (Å²) in [5, 5.41) is 7.05. The highest BCUT2D eigenvalue weighted by molar-refractivity contribution is 7.84. The minimum atomic E-state index is -1.05. The number of H-pyrrole nitrogens is 1. The van der Waals surface area contributed by atoms with E-state index in [0.717, 1.165) is 12.2 Å². The Morgan fingerprint density at radius 1 is 1.42 bits per heavy atom. The Bertz CT molecular complexity index is 744. The Morgan fingerprint density at radius 2 is 2.17 bits per heavy atom. The van der Waals surface area contributed by atoms with Crippen molar-refractivity contribution in [3.63, 3.8) is 0 Å². The summed E-state index contributed by atoms with van der Waals surface area (Å²) in [6.07, 6.45) is 2.07. The first-order valence-corrected chi connectivity index (χ1v) is 9.40. The number of hydrogen-bond acceptors (Lipinski definition) is 5. The summed E-state index contributed by atoms with van der Waals surface area (Å²) in [7, 11) is -1.05. The van der Waals surface area contributed by atoms with Crippen molar-refractivity contribution in [1.29, 1.82) is 0 Å². The number of nitrogens with zero attached hydrogens (tertiary/aromatic N) is 3. The van der Waals surface area contributed by atoms with Crippen molar-refractivity contribution >= 4 is 16.7 Å². The molecule has 2 atom stereocenters. The summed E-state index contributed by atoms with van der Waals surface area (Å²) < 4.78 is 17.1. The van der Waals surface area contributed by atoms with E-state index in [2.05, 4.69) is 15.2 Å². The predicted octanol–water partition coefficient (Wildman–Crippen LogP) is 1.32. The maximum absolute atomic E-state index is 12.7. The van der Waals surface area contributed by atoms with E-state index < -0.39 is 10.8 Å². The highest BCUT2D eigenvalue weighted by Crippen LogP contribution is 2.21. The van der Waals surface area contributed by atoms with Crippen LogP contribution < -0.4 is 0 Å². The number of carbonyl (C=O) groups excluding carboxylic acids is 1. The van der Waals surface area contributed by atoms with E-state index in [4.69, 9.17) is 4.74 Å². The van der Waals surface area contributed by atoms with Crippen molar-refractivity contribution in [2.75, 3.05) is 26.0 Å². The van der Waals surface area contributed by atoms with Gasteiger partial charge in [0.1, 0.15) is 11.9 Å². The molecule has 1 saturated heterocycles. The average Bonchev–Trinajstić information content (AvgIpc) is 3.10. The lowest BCUT2D eigenvalue weighted by Gasteiger charge is -2.31. The van der Waals surface area contributed by atoms with Gasteiger partial charge in [0.15, 0.2) is 5.82 Å². The van der Waals surface area contributed by atoms with Gasteiger partial charge in [-0.05, 0) is 24.3 Å². The number of nitrogens with one attached hydrogen (secondary N) is 1. The van der Waals surface area contributed by atoms with Gasteiger partial charge in [0, 0.05) is 40.5 Å². The van der Waals surface area contributed by atoms with E-state index in [1.54, 1.807) is 35.4 Å². The van der Waals surface area contributed by atoms with Crippen LogP contribution in [0.25, 0.3) is 0 Å². The Morgan fingerprint density at radius 3 is 2.79 bits per heavy atom. The van der Waals surface area contributed by atoms with Crippen molar-refractivity contribution in [2.24, 2.45) is 0 Å². The van der Waals surface area contributed by atoms with Crippen LogP contribution in [0.2, 0.25) is 0 Å². The first kappa shape index (κ1) is 16.8. The van der Waals surface area contributed by atoms with E-state index in [9.17, 15) is 9.00 Å². The molecule has 1 fully saturated rings. The molecule has 0 spiro atoms. The molecule has 128 valence electrons. The van der Waals surface area contributed by atoms with Crippen LogP contribution >= 0.6 is 0 Å². The molecule has 1 amide bonds. The smallest absolute Gasteiger partial charge is 0.254 e. The van der Waals surface area contributed by atoms with Gasteiger partial charge < -0.3 is 9.64 Å². The number of rotatable bonds is 4. The van der Waals surface area contributed by atoms with Crippen LogP contribution in [0.5, 0.6) is 0 Å². The number of hydrogen-bond donors (Lipinski definition) is 1. The van der Waals surface area contributed by atoms with Gasteiger partial charge in [0.05, 0.1) is 13.2 Å². The van der Waals surface area contributed by atoms with Gasteiger partial charge >= 0.3 is 0 Å². The minimum Gasteiger partial charge on any atom is -0.366 e. The maximum atomic E-state index is 12.7. The van der Waals surface area contributed by atoms with Gasteiger partial charge in [-0.15, -0.1) is 0 Å². The van der Waals surface area contributed by atoms with Crippen LogP contribution in [-0.2, 0) is 22.0 Å². The van der Waals surface area contributed by atoms with Crippen LogP contribution in [0.1, 0.15) is 35.0 Å². The molecule has 8 heteroatoms.